The third-order valence-corrected chi connectivity index (χ3v) is 6.74. The quantitative estimate of drug-likeness (QED) is 0.213. The fourth-order valence-corrected chi connectivity index (χ4v) is 4.92. The summed E-state index contributed by atoms with van der Waals surface area (Å²) in [5, 5.41) is 2.62. The number of aromatic amines is 1. The van der Waals surface area contributed by atoms with Gasteiger partial charge in [0.25, 0.3) is 5.56 Å². The number of carbonyl (C=O) groups excluding carboxylic acids is 1. The molecule has 0 saturated heterocycles. The fourth-order valence-electron chi connectivity index (χ4n) is 3.44. The largest absolute Gasteiger partial charge is 0.468 e. The zero-order chi connectivity index (χ0) is 25.7. The zero-order valence-electron chi connectivity index (χ0n) is 19.6. The molecule has 2 aromatic carbocycles. The van der Waals surface area contributed by atoms with E-state index in [9.17, 15) is 14.2 Å². The van der Waals surface area contributed by atoms with Crippen molar-refractivity contribution in [2.45, 2.75) is 26.1 Å². The van der Waals surface area contributed by atoms with E-state index in [0.29, 0.717) is 23.5 Å². The number of methoxy groups -OCH3 is 1. The molecule has 0 spiro atoms. The molecule has 4 rings (SSSR count). The van der Waals surface area contributed by atoms with Crippen molar-refractivity contribution in [2.24, 2.45) is 0 Å². The molecule has 0 aliphatic heterocycles. The second-order valence-corrected chi connectivity index (χ2v) is 9.56. The molecule has 12 nitrogen and oxygen atoms in total. The standard InChI is InChI=1S/C23H25N6O6P/c1-15(22(31)33-2)28-36(32,35-18-9-4-3-5-10-18)34-13-17-8-6-7-16(11-17)12-29-14-25-19-20(29)26-23(24)27-21(19)30/h3-11,14-15H,12-13H2,1-2H3,(H,28,32)(H3,24,26,27,30). The summed E-state index contributed by atoms with van der Waals surface area (Å²) in [6.07, 6.45) is 1.51. The second kappa shape index (κ2) is 10.7. The Morgan fingerprint density at radius 2 is 1.94 bits per heavy atom. The molecule has 0 bridgehead atoms. The number of carbonyl (C=O) groups is 1. The van der Waals surface area contributed by atoms with E-state index in [2.05, 4.69) is 20.0 Å². The minimum Gasteiger partial charge on any atom is -0.468 e. The molecule has 0 radical (unpaired) electrons. The average molecular weight is 512 g/mol. The molecule has 2 aromatic heterocycles. The van der Waals surface area contributed by atoms with Crippen LogP contribution >= 0.6 is 7.75 Å². The number of nitrogens with two attached hydrogens (primary N) is 1. The van der Waals surface area contributed by atoms with Gasteiger partial charge >= 0.3 is 13.7 Å². The first-order valence-corrected chi connectivity index (χ1v) is 12.4. The molecule has 0 saturated carbocycles. The van der Waals surface area contributed by atoms with Crippen molar-refractivity contribution >= 4 is 30.8 Å². The maximum absolute atomic E-state index is 13.5. The molecular weight excluding hydrogens is 487 g/mol. The number of para-hydroxylation sites is 1. The SMILES string of the molecule is COC(=O)C(C)NP(=O)(OCc1cccc(Cn2cnc3c(=O)[nH]c(N)nc32)c1)Oc1ccccc1. The van der Waals surface area contributed by atoms with E-state index in [0.717, 1.165) is 5.56 Å². The lowest BCUT2D eigenvalue weighted by atomic mass is 10.1. The van der Waals surface area contributed by atoms with E-state index in [4.69, 9.17) is 19.5 Å². The number of anilines is 1. The van der Waals surface area contributed by atoms with Crippen LogP contribution in [0.25, 0.3) is 11.2 Å². The Morgan fingerprint density at radius 1 is 1.19 bits per heavy atom. The van der Waals surface area contributed by atoms with Crippen LogP contribution in [0.2, 0.25) is 0 Å². The molecule has 36 heavy (non-hydrogen) atoms. The lowest BCUT2D eigenvalue weighted by molar-refractivity contribution is -0.142. The van der Waals surface area contributed by atoms with Crippen molar-refractivity contribution < 1.29 is 23.1 Å². The van der Waals surface area contributed by atoms with Gasteiger partial charge in [-0.1, -0.05) is 42.5 Å². The van der Waals surface area contributed by atoms with Crippen LogP contribution in [-0.4, -0.2) is 38.6 Å². The molecule has 2 atom stereocenters. The van der Waals surface area contributed by atoms with Crippen LogP contribution in [0.15, 0.2) is 65.7 Å². The number of rotatable bonds is 10. The Balaban J connectivity index is 1.52. The molecule has 0 aliphatic carbocycles. The highest BCUT2D eigenvalue weighted by atomic mass is 31.2. The predicted molar refractivity (Wildman–Crippen MR) is 132 cm³/mol. The predicted octanol–water partition coefficient (Wildman–Crippen LogP) is 2.60. The summed E-state index contributed by atoms with van der Waals surface area (Å²) in [5.74, 6) is -0.301. The first-order chi connectivity index (χ1) is 17.3. The Kier molecular flexibility index (Phi) is 7.49. The summed E-state index contributed by atoms with van der Waals surface area (Å²) in [6.45, 7) is 1.78. The summed E-state index contributed by atoms with van der Waals surface area (Å²) < 4.78 is 31.2. The topological polar surface area (TPSA) is 163 Å². The minimum absolute atomic E-state index is 0.000692. The highest BCUT2D eigenvalue weighted by molar-refractivity contribution is 7.52. The molecular formula is C23H25N6O6P. The number of fused-ring (bicyclic) bond motifs is 1. The molecule has 4 N–H and O–H groups in total. The van der Waals surface area contributed by atoms with Crippen molar-refractivity contribution in [3.63, 3.8) is 0 Å². The normalized spacial score (nSPS) is 13.7. The van der Waals surface area contributed by atoms with Gasteiger partial charge in [0.2, 0.25) is 5.95 Å². The number of esters is 1. The summed E-state index contributed by atoms with van der Waals surface area (Å²) in [5.41, 5.74) is 7.36. The van der Waals surface area contributed by atoms with Gasteiger partial charge in [-0.05, 0) is 30.2 Å². The number of nitrogens with one attached hydrogen (secondary N) is 2. The third kappa shape index (κ3) is 5.98. The van der Waals surface area contributed by atoms with Gasteiger partial charge in [-0.2, -0.15) is 10.1 Å². The number of hydrogen-bond donors (Lipinski definition) is 3. The van der Waals surface area contributed by atoms with E-state index < -0.39 is 25.3 Å². The Bertz CT molecular complexity index is 1470. The number of nitrogens with zero attached hydrogens (tertiary/aromatic N) is 3. The number of hydrogen-bond acceptors (Lipinski definition) is 9. The van der Waals surface area contributed by atoms with Crippen LogP contribution in [-0.2, 0) is 31.8 Å². The lowest BCUT2D eigenvalue weighted by Crippen LogP contribution is -2.34. The van der Waals surface area contributed by atoms with Gasteiger partial charge in [0.05, 0.1) is 26.6 Å². The minimum atomic E-state index is -3.97. The molecule has 13 heteroatoms. The van der Waals surface area contributed by atoms with Crippen molar-refractivity contribution in [3.05, 3.63) is 82.4 Å². The van der Waals surface area contributed by atoms with Crippen LogP contribution < -0.4 is 20.9 Å². The van der Waals surface area contributed by atoms with Crippen molar-refractivity contribution in [1.29, 1.82) is 0 Å². The molecule has 0 aliphatic rings. The summed E-state index contributed by atoms with van der Waals surface area (Å²) in [7, 11) is -2.74. The smallest absolute Gasteiger partial charge is 0.459 e. The average Bonchev–Trinajstić information content (AvgIpc) is 3.25. The van der Waals surface area contributed by atoms with E-state index in [-0.39, 0.29) is 18.1 Å². The zero-order valence-corrected chi connectivity index (χ0v) is 20.5. The van der Waals surface area contributed by atoms with E-state index in [1.54, 1.807) is 41.0 Å². The monoisotopic (exact) mass is 512 g/mol. The van der Waals surface area contributed by atoms with Crippen LogP contribution in [0, 0.1) is 0 Å². The Morgan fingerprint density at radius 3 is 2.69 bits per heavy atom. The highest BCUT2D eigenvalue weighted by Crippen LogP contribution is 2.45. The van der Waals surface area contributed by atoms with Gasteiger partial charge in [0, 0.05) is 0 Å². The van der Waals surface area contributed by atoms with Crippen LogP contribution in [0.1, 0.15) is 18.1 Å². The number of aromatic nitrogens is 4. The molecule has 188 valence electrons. The van der Waals surface area contributed by atoms with E-state index in [1.165, 1.54) is 20.4 Å². The Hall–Kier alpha value is -3.99. The molecule has 0 fully saturated rings. The number of ether oxygens (including phenoxy) is 1. The maximum atomic E-state index is 13.5. The number of nitrogen functional groups attached to an aromatic ring is 1. The van der Waals surface area contributed by atoms with Gasteiger partial charge in [0.1, 0.15) is 11.8 Å². The first-order valence-electron chi connectivity index (χ1n) is 10.9. The third-order valence-electron chi connectivity index (χ3n) is 5.11. The molecule has 0 amide bonds. The molecule has 2 heterocycles. The highest BCUT2D eigenvalue weighted by Gasteiger charge is 2.32. The summed E-state index contributed by atoms with van der Waals surface area (Å²) in [6, 6.07) is 14.9. The lowest BCUT2D eigenvalue weighted by Gasteiger charge is -2.22. The summed E-state index contributed by atoms with van der Waals surface area (Å²) >= 11 is 0. The second-order valence-electron chi connectivity index (χ2n) is 7.86. The first kappa shape index (κ1) is 25.1. The van der Waals surface area contributed by atoms with Gasteiger partial charge in [0.15, 0.2) is 11.2 Å². The van der Waals surface area contributed by atoms with Crippen LogP contribution in [0.4, 0.5) is 5.95 Å². The van der Waals surface area contributed by atoms with Gasteiger partial charge < -0.3 is 19.6 Å². The van der Waals surface area contributed by atoms with Gasteiger partial charge in [-0.15, -0.1) is 0 Å². The Labute approximate surface area is 206 Å². The molecule has 4 aromatic rings. The van der Waals surface area contributed by atoms with E-state index in [1.807, 2.05) is 18.2 Å². The molecule has 2 unspecified atom stereocenters. The number of H-pyrrole nitrogens is 1. The van der Waals surface area contributed by atoms with Crippen molar-refractivity contribution in [3.8, 4) is 5.75 Å². The number of benzene rings is 2. The van der Waals surface area contributed by atoms with Gasteiger partial charge in [-0.25, -0.2) is 9.55 Å². The van der Waals surface area contributed by atoms with Crippen molar-refractivity contribution in [2.75, 3.05) is 12.8 Å². The summed E-state index contributed by atoms with van der Waals surface area (Å²) in [4.78, 5) is 34.6. The number of imidazole rings is 1. The van der Waals surface area contributed by atoms with Crippen molar-refractivity contribution in [1.82, 2.24) is 24.6 Å². The van der Waals surface area contributed by atoms with E-state index >= 15 is 0 Å². The van der Waals surface area contributed by atoms with Crippen LogP contribution in [0.5, 0.6) is 5.75 Å². The van der Waals surface area contributed by atoms with Crippen LogP contribution in [0.3, 0.4) is 0 Å². The maximum Gasteiger partial charge on any atom is 0.459 e. The fraction of sp³-hybridized carbons (Fsp3) is 0.217. The van der Waals surface area contributed by atoms with Gasteiger partial charge in [-0.3, -0.25) is 19.1 Å².